The van der Waals surface area contributed by atoms with Gasteiger partial charge in [-0.3, -0.25) is 25.6 Å². The second-order valence-corrected chi connectivity index (χ2v) is 8.89. The Morgan fingerprint density at radius 1 is 1.16 bits per heavy atom. The predicted molar refractivity (Wildman–Crippen MR) is 107 cm³/mol. The average Bonchev–Trinajstić information content (AvgIpc) is 3.08. The monoisotopic (exact) mass is 456 g/mol. The number of fused-ring (bicyclic) bond motifs is 1. The van der Waals surface area contributed by atoms with Crippen LogP contribution in [-0.2, 0) is 9.59 Å². The van der Waals surface area contributed by atoms with Crippen molar-refractivity contribution in [2.75, 3.05) is 17.3 Å². The third kappa shape index (κ3) is 4.89. The molecule has 12 heteroatoms. The molecular formula is C20H27F3N6O3. The highest BCUT2D eigenvalue weighted by atomic mass is 19.3. The van der Waals surface area contributed by atoms with Crippen LogP contribution in [0.25, 0.3) is 0 Å². The van der Waals surface area contributed by atoms with E-state index in [-0.39, 0.29) is 30.7 Å². The van der Waals surface area contributed by atoms with Crippen LogP contribution >= 0.6 is 0 Å². The van der Waals surface area contributed by atoms with Crippen LogP contribution in [0.1, 0.15) is 57.2 Å². The molecule has 1 aromatic rings. The van der Waals surface area contributed by atoms with Crippen LogP contribution in [-0.4, -0.2) is 45.1 Å². The summed E-state index contributed by atoms with van der Waals surface area (Å²) >= 11 is 0. The molecule has 3 unspecified atom stereocenters. The van der Waals surface area contributed by atoms with Crippen molar-refractivity contribution >= 4 is 24.0 Å². The number of hydrogen-bond donors (Lipinski definition) is 4. The number of aromatic nitrogens is 2. The Hall–Kier alpha value is -2.63. The van der Waals surface area contributed by atoms with Crippen molar-refractivity contribution in [3.8, 4) is 0 Å². The molecular weight excluding hydrogens is 429 g/mol. The van der Waals surface area contributed by atoms with Crippen molar-refractivity contribution in [1.82, 2.24) is 20.5 Å². The van der Waals surface area contributed by atoms with Crippen LogP contribution in [0.4, 0.5) is 24.8 Å². The van der Waals surface area contributed by atoms with E-state index in [1.54, 1.807) is 0 Å². The topological polar surface area (TPSA) is 119 Å². The fourth-order valence-corrected chi connectivity index (χ4v) is 4.87. The molecule has 176 valence electrons. The number of hydrogen-bond acceptors (Lipinski definition) is 7. The zero-order valence-electron chi connectivity index (χ0n) is 17.4. The van der Waals surface area contributed by atoms with Crippen LogP contribution in [0.3, 0.4) is 0 Å². The quantitative estimate of drug-likeness (QED) is 0.230. The van der Waals surface area contributed by atoms with Gasteiger partial charge in [-0.25, -0.2) is 23.8 Å². The Balaban J connectivity index is 1.44. The number of nitrogens with one attached hydrogen (secondary N) is 3. The van der Waals surface area contributed by atoms with E-state index in [1.165, 1.54) is 0 Å². The second kappa shape index (κ2) is 9.47. The molecule has 3 aliphatic rings. The molecule has 32 heavy (non-hydrogen) atoms. The van der Waals surface area contributed by atoms with Gasteiger partial charge in [0.15, 0.2) is 17.5 Å². The van der Waals surface area contributed by atoms with Gasteiger partial charge in [0.2, 0.25) is 18.1 Å². The summed E-state index contributed by atoms with van der Waals surface area (Å²) < 4.78 is 41.4. The van der Waals surface area contributed by atoms with Gasteiger partial charge in [-0.15, -0.1) is 0 Å². The number of alkyl halides is 2. The maximum atomic E-state index is 14.9. The van der Waals surface area contributed by atoms with Gasteiger partial charge in [-0.1, -0.05) is 25.7 Å². The molecule has 1 heterocycles. The number of rotatable bonds is 11. The molecule has 0 spiro atoms. The molecule has 3 atom stereocenters. The summed E-state index contributed by atoms with van der Waals surface area (Å²) in [7, 11) is 0. The minimum absolute atomic E-state index is 0.0158. The summed E-state index contributed by atoms with van der Waals surface area (Å²) in [5, 5.41) is 12.8. The summed E-state index contributed by atoms with van der Waals surface area (Å²) in [6, 6.07) is 0.0158. The first-order valence-corrected chi connectivity index (χ1v) is 11.0. The molecule has 0 aliphatic heterocycles. The molecule has 0 aromatic carbocycles. The molecule has 4 rings (SSSR count). The Morgan fingerprint density at radius 2 is 1.81 bits per heavy atom. The Bertz CT molecular complexity index is 844. The predicted octanol–water partition coefficient (Wildman–Crippen LogP) is 2.86. The van der Waals surface area contributed by atoms with Crippen molar-refractivity contribution in [2.45, 2.75) is 57.4 Å². The lowest BCUT2D eigenvalue weighted by Gasteiger charge is -2.22. The highest BCUT2D eigenvalue weighted by molar-refractivity contribution is 5.80. The third-order valence-corrected chi connectivity index (χ3v) is 6.83. The lowest BCUT2D eigenvalue weighted by Crippen LogP contribution is -2.41. The van der Waals surface area contributed by atoms with Crippen LogP contribution in [0.2, 0.25) is 0 Å². The molecule has 3 saturated carbocycles. The number of hydroxylamine groups is 2. The van der Waals surface area contributed by atoms with Gasteiger partial charge in [-0.05, 0) is 37.0 Å². The first kappa shape index (κ1) is 22.6. The van der Waals surface area contributed by atoms with E-state index in [9.17, 15) is 28.0 Å². The summed E-state index contributed by atoms with van der Waals surface area (Å²) in [6.45, 7) is -0.237. The zero-order valence-corrected chi connectivity index (χ0v) is 17.4. The van der Waals surface area contributed by atoms with E-state index < -0.39 is 35.7 Å². The van der Waals surface area contributed by atoms with Crippen LogP contribution < -0.4 is 16.2 Å². The van der Waals surface area contributed by atoms with Crippen molar-refractivity contribution < 1.29 is 28.0 Å². The Labute approximate surface area is 183 Å². The average molecular weight is 456 g/mol. The van der Waals surface area contributed by atoms with Crippen LogP contribution in [0.15, 0.2) is 0 Å². The van der Waals surface area contributed by atoms with E-state index >= 15 is 0 Å². The van der Waals surface area contributed by atoms with Gasteiger partial charge in [0, 0.05) is 6.04 Å². The van der Waals surface area contributed by atoms with Crippen molar-refractivity contribution in [1.29, 1.82) is 0 Å². The lowest BCUT2D eigenvalue weighted by atomic mass is 9.92. The largest absolute Gasteiger partial charge is 0.364 e. The number of halogens is 3. The minimum Gasteiger partial charge on any atom is -0.364 e. The highest BCUT2D eigenvalue weighted by Crippen LogP contribution is 2.56. The van der Waals surface area contributed by atoms with Gasteiger partial charge in [0.05, 0.1) is 12.5 Å². The molecule has 0 radical (unpaired) electrons. The van der Waals surface area contributed by atoms with Crippen LogP contribution in [0.5, 0.6) is 0 Å². The SMILES string of the molecule is O=CN(O)CC(CC1CCCC1)C(=O)NNc1nc(C(F)F)nc(NC2C3CCC32)c1F. The summed E-state index contributed by atoms with van der Waals surface area (Å²) in [5.74, 6) is -2.97. The van der Waals surface area contributed by atoms with Crippen molar-refractivity contribution in [2.24, 2.45) is 23.7 Å². The number of amides is 2. The molecule has 3 aliphatic carbocycles. The zero-order chi connectivity index (χ0) is 22.8. The van der Waals surface area contributed by atoms with E-state index in [1.807, 2.05) is 0 Å². The first-order chi connectivity index (χ1) is 15.4. The van der Waals surface area contributed by atoms with Gasteiger partial charge >= 0.3 is 0 Å². The number of anilines is 2. The van der Waals surface area contributed by atoms with Crippen molar-refractivity contribution in [3.05, 3.63) is 11.6 Å². The highest BCUT2D eigenvalue weighted by Gasteiger charge is 2.56. The number of hydrazine groups is 1. The smallest absolute Gasteiger partial charge is 0.297 e. The van der Waals surface area contributed by atoms with E-state index in [0.29, 0.717) is 23.3 Å². The lowest BCUT2D eigenvalue weighted by molar-refractivity contribution is -0.154. The summed E-state index contributed by atoms with van der Waals surface area (Å²) in [6.07, 6.45) is 3.64. The maximum absolute atomic E-state index is 14.9. The second-order valence-electron chi connectivity index (χ2n) is 8.89. The normalized spacial score (nSPS) is 25.0. The van der Waals surface area contributed by atoms with Gasteiger partial charge in [0.25, 0.3) is 6.43 Å². The molecule has 2 amide bonds. The molecule has 3 fully saturated rings. The molecule has 0 bridgehead atoms. The number of carbonyl (C=O) groups excluding carboxylic acids is 2. The fourth-order valence-electron chi connectivity index (χ4n) is 4.87. The van der Waals surface area contributed by atoms with E-state index in [4.69, 9.17) is 0 Å². The van der Waals surface area contributed by atoms with E-state index in [2.05, 4.69) is 26.1 Å². The Kier molecular flexibility index (Phi) is 6.68. The third-order valence-electron chi connectivity index (χ3n) is 6.83. The standard InChI is InChI=1S/C20H27F3N6O3/c21-14-17(24-15-12-5-6-13(12)15)25-19(16(22)23)26-18(14)27-28-20(31)11(8-29(32)9-30)7-10-3-1-2-4-10/h9-13,15-16,32H,1-8H2,(H,28,31)(H2,24,25,26,27). The van der Waals surface area contributed by atoms with Crippen LogP contribution in [0, 0.1) is 29.5 Å². The fraction of sp³-hybridized carbons (Fsp3) is 0.700. The number of carbonyl (C=O) groups is 2. The van der Waals surface area contributed by atoms with Gasteiger partial charge < -0.3 is 5.32 Å². The molecule has 0 saturated heterocycles. The first-order valence-electron chi connectivity index (χ1n) is 11.0. The molecule has 9 nitrogen and oxygen atoms in total. The molecule has 4 N–H and O–H groups in total. The van der Waals surface area contributed by atoms with Crippen molar-refractivity contribution in [3.63, 3.8) is 0 Å². The maximum Gasteiger partial charge on any atom is 0.297 e. The number of nitrogens with zero attached hydrogens (tertiary/aromatic N) is 3. The minimum atomic E-state index is -3.02. The Morgan fingerprint density at radius 3 is 2.41 bits per heavy atom. The molecule has 1 aromatic heterocycles. The van der Waals surface area contributed by atoms with Gasteiger partial charge in [-0.2, -0.15) is 4.39 Å². The summed E-state index contributed by atoms with van der Waals surface area (Å²) in [4.78, 5) is 30.6. The van der Waals surface area contributed by atoms with E-state index in [0.717, 1.165) is 38.5 Å². The van der Waals surface area contributed by atoms with Gasteiger partial charge in [0.1, 0.15) is 0 Å². The summed E-state index contributed by atoms with van der Waals surface area (Å²) in [5.41, 5.74) is 4.58.